The molecule has 2 rings (SSSR count). The molecule has 3 heteroatoms. The minimum Gasteiger partial charge on any atom is -0.493 e. The maximum Gasteiger partial charge on any atom is 0.220 e. The van der Waals surface area contributed by atoms with E-state index in [1.54, 1.807) is 0 Å². The number of rotatable bonds is 7. The summed E-state index contributed by atoms with van der Waals surface area (Å²) < 4.78 is 5.72. The molecule has 2 aromatic carbocycles. The number of hydrogen-bond donors (Lipinski definition) is 1. The van der Waals surface area contributed by atoms with Crippen molar-refractivity contribution in [2.45, 2.75) is 33.2 Å². The van der Waals surface area contributed by atoms with E-state index in [0.717, 1.165) is 16.9 Å². The van der Waals surface area contributed by atoms with E-state index in [-0.39, 0.29) is 5.91 Å². The van der Waals surface area contributed by atoms with Crippen molar-refractivity contribution in [3.05, 3.63) is 65.2 Å². The Morgan fingerprint density at radius 3 is 2.59 bits per heavy atom. The lowest BCUT2D eigenvalue weighted by molar-refractivity contribution is -0.121. The van der Waals surface area contributed by atoms with Crippen molar-refractivity contribution in [1.82, 2.24) is 5.32 Å². The number of nitrogens with one attached hydrogen (secondary N) is 1. The lowest BCUT2D eigenvalue weighted by atomic mass is 10.1. The summed E-state index contributed by atoms with van der Waals surface area (Å²) in [6, 6.07) is 16.0. The smallest absolute Gasteiger partial charge is 0.220 e. The highest BCUT2D eigenvalue weighted by atomic mass is 16.5. The molecule has 0 radical (unpaired) electrons. The van der Waals surface area contributed by atoms with Gasteiger partial charge in [0.05, 0.1) is 6.61 Å². The van der Waals surface area contributed by atoms with Crippen LogP contribution in [-0.2, 0) is 11.3 Å². The van der Waals surface area contributed by atoms with Crippen molar-refractivity contribution >= 4 is 5.91 Å². The summed E-state index contributed by atoms with van der Waals surface area (Å²) in [5.74, 6) is 0.961. The number of carbonyl (C=O) groups is 1. The SMILES string of the molecule is Cc1ccc(OCCCC(=O)NCc2ccccc2)c(C)c1. The molecular formula is C19H23NO2. The van der Waals surface area contributed by atoms with Crippen molar-refractivity contribution in [3.63, 3.8) is 0 Å². The Morgan fingerprint density at radius 1 is 1.09 bits per heavy atom. The first kappa shape index (κ1) is 16.1. The van der Waals surface area contributed by atoms with Gasteiger partial charge in [0.1, 0.15) is 5.75 Å². The van der Waals surface area contributed by atoms with Crippen LogP contribution in [0.2, 0.25) is 0 Å². The molecule has 22 heavy (non-hydrogen) atoms. The number of aryl methyl sites for hydroxylation is 2. The zero-order chi connectivity index (χ0) is 15.8. The summed E-state index contributed by atoms with van der Waals surface area (Å²) in [4.78, 5) is 11.8. The van der Waals surface area contributed by atoms with E-state index in [4.69, 9.17) is 4.74 Å². The van der Waals surface area contributed by atoms with Gasteiger partial charge in [-0.15, -0.1) is 0 Å². The fourth-order valence-electron chi connectivity index (χ4n) is 2.26. The third-order valence-electron chi connectivity index (χ3n) is 3.47. The molecule has 0 aromatic heterocycles. The molecule has 0 spiro atoms. The van der Waals surface area contributed by atoms with Crippen LogP contribution in [0.25, 0.3) is 0 Å². The van der Waals surface area contributed by atoms with Crippen LogP contribution in [0, 0.1) is 13.8 Å². The molecule has 2 aromatic rings. The highest BCUT2D eigenvalue weighted by Gasteiger charge is 2.03. The van der Waals surface area contributed by atoms with Gasteiger partial charge < -0.3 is 10.1 Å². The topological polar surface area (TPSA) is 38.3 Å². The highest BCUT2D eigenvalue weighted by Crippen LogP contribution is 2.18. The second-order valence-electron chi connectivity index (χ2n) is 5.48. The molecule has 0 fully saturated rings. The van der Waals surface area contributed by atoms with Gasteiger partial charge in [-0.25, -0.2) is 0 Å². The van der Waals surface area contributed by atoms with Crippen molar-refractivity contribution in [2.75, 3.05) is 6.61 Å². The molecule has 0 bridgehead atoms. The first-order valence-electron chi connectivity index (χ1n) is 7.66. The molecule has 0 aliphatic carbocycles. The molecule has 1 N–H and O–H groups in total. The summed E-state index contributed by atoms with van der Waals surface area (Å²) in [6.07, 6.45) is 1.20. The first-order chi connectivity index (χ1) is 10.6. The molecule has 0 aliphatic rings. The predicted octanol–water partition coefficient (Wildman–Crippen LogP) is 3.78. The van der Waals surface area contributed by atoms with Crippen LogP contribution in [0.4, 0.5) is 0 Å². The molecule has 0 saturated carbocycles. The molecule has 0 heterocycles. The number of benzene rings is 2. The van der Waals surface area contributed by atoms with Gasteiger partial charge in [-0.3, -0.25) is 4.79 Å². The molecule has 3 nitrogen and oxygen atoms in total. The fourth-order valence-corrected chi connectivity index (χ4v) is 2.26. The van der Waals surface area contributed by atoms with Crippen molar-refractivity contribution < 1.29 is 9.53 Å². The van der Waals surface area contributed by atoms with Crippen LogP contribution in [0.5, 0.6) is 5.75 Å². The molecule has 0 unspecified atom stereocenters. The lowest BCUT2D eigenvalue weighted by Gasteiger charge is -2.10. The number of amides is 1. The lowest BCUT2D eigenvalue weighted by Crippen LogP contribution is -2.22. The summed E-state index contributed by atoms with van der Waals surface area (Å²) in [7, 11) is 0. The highest BCUT2D eigenvalue weighted by molar-refractivity contribution is 5.75. The van der Waals surface area contributed by atoms with E-state index < -0.39 is 0 Å². The average Bonchev–Trinajstić information content (AvgIpc) is 2.52. The zero-order valence-electron chi connectivity index (χ0n) is 13.3. The summed E-state index contributed by atoms with van der Waals surface area (Å²) in [5.41, 5.74) is 3.47. The van der Waals surface area contributed by atoms with Gasteiger partial charge in [0.25, 0.3) is 0 Å². The number of ether oxygens (including phenoxy) is 1. The van der Waals surface area contributed by atoms with Crippen LogP contribution in [0.3, 0.4) is 0 Å². The summed E-state index contributed by atoms with van der Waals surface area (Å²) in [5, 5.41) is 2.92. The van der Waals surface area contributed by atoms with E-state index in [1.807, 2.05) is 49.4 Å². The van der Waals surface area contributed by atoms with Gasteiger partial charge >= 0.3 is 0 Å². The second-order valence-corrected chi connectivity index (χ2v) is 5.48. The van der Waals surface area contributed by atoms with Gasteiger partial charge in [0.2, 0.25) is 5.91 Å². The fraction of sp³-hybridized carbons (Fsp3) is 0.316. The Labute approximate surface area is 132 Å². The van der Waals surface area contributed by atoms with Crippen LogP contribution in [0.15, 0.2) is 48.5 Å². The van der Waals surface area contributed by atoms with Crippen LogP contribution in [-0.4, -0.2) is 12.5 Å². The molecular weight excluding hydrogens is 274 g/mol. The molecule has 1 amide bonds. The van der Waals surface area contributed by atoms with E-state index in [2.05, 4.69) is 18.3 Å². The molecule has 0 saturated heterocycles. The summed E-state index contributed by atoms with van der Waals surface area (Å²) in [6.45, 7) is 5.24. The molecule has 0 aliphatic heterocycles. The standard InChI is InChI=1S/C19H23NO2/c1-15-10-11-18(16(2)13-15)22-12-6-9-19(21)20-14-17-7-4-3-5-8-17/h3-5,7-8,10-11,13H,6,9,12,14H2,1-2H3,(H,20,21). The third-order valence-corrected chi connectivity index (χ3v) is 3.47. The monoisotopic (exact) mass is 297 g/mol. The third kappa shape index (κ3) is 5.24. The van der Waals surface area contributed by atoms with Crippen molar-refractivity contribution in [3.8, 4) is 5.75 Å². The minimum absolute atomic E-state index is 0.0630. The van der Waals surface area contributed by atoms with Crippen molar-refractivity contribution in [2.24, 2.45) is 0 Å². The Hall–Kier alpha value is -2.29. The van der Waals surface area contributed by atoms with E-state index in [9.17, 15) is 4.79 Å². The predicted molar refractivity (Wildman–Crippen MR) is 88.9 cm³/mol. The quantitative estimate of drug-likeness (QED) is 0.790. The van der Waals surface area contributed by atoms with Gasteiger partial charge in [0.15, 0.2) is 0 Å². The Balaban J connectivity index is 1.65. The molecule has 116 valence electrons. The Morgan fingerprint density at radius 2 is 1.86 bits per heavy atom. The molecule has 0 atom stereocenters. The van der Waals surface area contributed by atoms with E-state index in [0.29, 0.717) is 26.0 Å². The zero-order valence-corrected chi connectivity index (χ0v) is 13.3. The van der Waals surface area contributed by atoms with Crippen LogP contribution in [0.1, 0.15) is 29.5 Å². The van der Waals surface area contributed by atoms with Gasteiger partial charge in [0, 0.05) is 13.0 Å². The summed E-state index contributed by atoms with van der Waals surface area (Å²) >= 11 is 0. The number of carbonyl (C=O) groups excluding carboxylic acids is 1. The first-order valence-corrected chi connectivity index (χ1v) is 7.66. The van der Waals surface area contributed by atoms with Crippen LogP contribution < -0.4 is 10.1 Å². The Bertz CT molecular complexity index is 608. The van der Waals surface area contributed by atoms with Gasteiger partial charge in [-0.2, -0.15) is 0 Å². The van der Waals surface area contributed by atoms with Gasteiger partial charge in [-0.05, 0) is 37.5 Å². The Kier molecular flexibility index (Phi) is 6.01. The largest absolute Gasteiger partial charge is 0.493 e. The maximum atomic E-state index is 11.8. The maximum absolute atomic E-state index is 11.8. The normalized spacial score (nSPS) is 10.3. The second kappa shape index (κ2) is 8.23. The van der Waals surface area contributed by atoms with Crippen LogP contribution >= 0.6 is 0 Å². The van der Waals surface area contributed by atoms with Gasteiger partial charge in [-0.1, -0.05) is 48.0 Å². The van der Waals surface area contributed by atoms with Crippen molar-refractivity contribution in [1.29, 1.82) is 0 Å². The minimum atomic E-state index is 0.0630. The van der Waals surface area contributed by atoms with E-state index in [1.165, 1.54) is 5.56 Å². The number of hydrogen-bond acceptors (Lipinski definition) is 2. The average molecular weight is 297 g/mol. The van der Waals surface area contributed by atoms with E-state index >= 15 is 0 Å².